The molecule has 4 heterocycles. The van der Waals surface area contributed by atoms with Crippen molar-refractivity contribution in [2.45, 2.75) is 38.8 Å². The third kappa shape index (κ3) is 6.64. The molecule has 222 valence electrons. The van der Waals surface area contributed by atoms with Gasteiger partial charge in [-0.15, -0.1) is 0 Å². The molecule has 1 atom stereocenters. The Labute approximate surface area is 248 Å². The average molecular weight is 586 g/mol. The number of rotatable bonds is 9. The second-order valence-electron chi connectivity index (χ2n) is 11.5. The molecule has 8 nitrogen and oxygen atoms in total. The largest absolute Gasteiger partial charge is 0.352 e. The summed E-state index contributed by atoms with van der Waals surface area (Å²) >= 11 is 0. The summed E-state index contributed by atoms with van der Waals surface area (Å²) < 4.78 is 27.7. The van der Waals surface area contributed by atoms with E-state index in [4.69, 9.17) is 0 Å². The lowest BCUT2D eigenvalue weighted by molar-refractivity contribution is -0.120. The van der Waals surface area contributed by atoms with Crippen LogP contribution in [0.15, 0.2) is 66.7 Å². The monoisotopic (exact) mass is 585 g/mol. The molecule has 3 saturated heterocycles. The fourth-order valence-corrected chi connectivity index (χ4v) is 6.20. The van der Waals surface area contributed by atoms with E-state index in [0.29, 0.717) is 28.8 Å². The molecule has 10 heteroatoms. The number of aromatic nitrogens is 2. The fraction of sp³-hybridized carbons (Fsp3) is 0.333. The lowest BCUT2D eigenvalue weighted by Crippen LogP contribution is -2.47. The Morgan fingerprint density at radius 3 is 2.02 bits per heavy atom. The summed E-state index contributed by atoms with van der Waals surface area (Å²) in [5.74, 6) is -0.282. The molecule has 0 saturated carbocycles. The van der Waals surface area contributed by atoms with Gasteiger partial charge in [0.1, 0.15) is 17.3 Å². The molecule has 0 aliphatic carbocycles. The van der Waals surface area contributed by atoms with Gasteiger partial charge in [0.25, 0.3) is 0 Å². The number of nitrogens with zero attached hydrogens (tertiary/aromatic N) is 3. The number of hydrogen-bond acceptors (Lipinski definition) is 5. The number of carbonyl (C=O) groups is 3. The summed E-state index contributed by atoms with van der Waals surface area (Å²) in [4.78, 5) is 42.1. The van der Waals surface area contributed by atoms with Crippen LogP contribution in [0.1, 0.15) is 46.4 Å². The highest BCUT2D eigenvalue weighted by Gasteiger charge is 2.36. The molecule has 1 aromatic heterocycles. The lowest BCUT2D eigenvalue weighted by Gasteiger charge is -2.44. The fourth-order valence-electron chi connectivity index (χ4n) is 6.20. The maximum Gasteiger partial charge on any atom is 0.342 e. The van der Waals surface area contributed by atoms with Crippen molar-refractivity contribution in [3.63, 3.8) is 0 Å². The second kappa shape index (κ2) is 12.4. The minimum Gasteiger partial charge on any atom is -0.352 e. The Morgan fingerprint density at radius 2 is 1.42 bits per heavy atom. The summed E-state index contributed by atoms with van der Waals surface area (Å²) in [5, 5.41) is 10.7. The minimum absolute atomic E-state index is 0.0619. The molecule has 4 aromatic rings. The van der Waals surface area contributed by atoms with E-state index in [1.54, 1.807) is 42.5 Å². The van der Waals surface area contributed by atoms with Crippen LogP contribution < -0.4 is 10.6 Å². The number of Topliss-reactive ketones (excluding diaryl/α,β-unsaturated/α-hetero) is 1. The van der Waals surface area contributed by atoms with Gasteiger partial charge in [0, 0.05) is 31.4 Å². The highest BCUT2D eigenvalue weighted by Crippen LogP contribution is 2.35. The van der Waals surface area contributed by atoms with Crippen molar-refractivity contribution in [1.82, 2.24) is 25.3 Å². The number of nitrogens with one attached hydrogen (secondary N) is 2. The van der Waals surface area contributed by atoms with Crippen molar-refractivity contribution in [2.75, 3.05) is 19.6 Å². The zero-order chi connectivity index (χ0) is 29.9. The van der Waals surface area contributed by atoms with Gasteiger partial charge in [-0.05, 0) is 90.9 Å². The molecule has 3 aromatic carbocycles. The van der Waals surface area contributed by atoms with Crippen LogP contribution in [-0.2, 0) is 24.3 Å². The van der Waals surface area contributed by atoms with Crippen molar-refractivity contribution in [3.8, 4) is 0 Å². The zero-order valence-corrected chi connectivity index (χ0v) is 23.7. The number of benzene rings is 3. The average Bonchev–Trinajstić information content (AvgIpc) is 3.40. The van der Waals surface area contributed by atoms with Gasteiger partial charge in [-0.3, -0.25) is 9.59 Å². The number of halogens is 2. The van der Waals surface area contributed by atoms with Crippen molar-refractivity contribution >= 4 is 28.6 Å². The quantitative estimate of drug-likeness (QED) is 0.274. The van der Waals surface area contributed by atoms with Crippen LogP contribution in [0.4, 0.5) is 13.6 Å². The molecule has 2 amide bonds. The van der Waals surface area contributed by atoms with Crippen LogP contribution >= 0.6 is 0 Å². The highest BCUT2D eigenvalue weighted by molar-refractivity contribution is 6.08. The molecule has 3 fully saturated rings. The number of piperidine rings is 3. The van der Waals surface area contributed by atoms with E-state index in [2.05, 4.69) is 20.6 Å². The van der Waals surface area contributed by atoms with Crippen LogP contribution in [0.25, 0.3) is 10.9 Å². The van der Waals surface area contributed by atoms with Gasteiger partial charge in [0.05, 0.1) is 11.9 Å². The van der Waals surface area contributed by atoms with Gasteiger partial charge in [0.2, 0.25) is 5.91 Å². The third-order valence-corrected chi connectivity index (χ3v) is 8.56. The summed E-state index contributed by atoms with van der Waals surface area (Å²) in [5.41, 5.74) is 2.85. The molecule has 0 unspecified atom stereocenters. The smallest absolute Gasteiger partial charge is 0.342 e. The maximum atomic E-state index is 13.7. The Morgan fingerprint density at radius 1 is 0.814 bits per heavy atom. The SMILES string of the molecule is O=C(Cc1ccc2c(c1)c(C(=O)C[C@@H]1CN3CCC1CC3)nn2C(=O)NCc1ccc(F)cc1)NCc1ccc(F)cc1. The molecular formula is C33H33F2N5O3. The summed E-state index contributed by atoms with van der Waals surface area (Å²) in [6, 6.07) is 16.4. The molecule has 43 heavy (non-hydrogen) atoms. The van der Waals surface area contributed by atoms with Crippen molar-refractivity contribution in [3.05, 3.63) is 101 Å². The molecule has 2 N–H and O–H groups in total. The number of amides is 2. The number of hydrogen-bond donors (Lipinski definition) is 2. The molecule has 0 radical (unpaired) electrons. The zero-order valence-electron chi connectivity index (χ0n) is 23.7. The Bertz CT molecular complexity index is 1640. The van der Waals surface area contributed by atoms with E-state index >= 15 is 0 Å². The summed E-state index contributed by atoms with van der Waals surface area (Å²) in [7, 11) is 0. The Kier molecular flexibility index (Phi) is 8.29. The minimum atomic E-state index is -0.513. The molecule has 3 aliphatic rings. The second-order valence-corrected chi connectivity index (χ2v) is 11.5. The van der Waals surface area contributed by atoms with E-state index < -0.39 is 6.03 Å². The van der Waals surface area contributed by atoms with Gasteiger partial charge in [-0.2, -0.15) is 9.78 Å². The predicted octanol–water partition coefficient (Wildman–Crippen LogP) is 4.85. The van der Waals surface area contributed by atoms with Gasteiger partial charge in [0.15, 0.2) is 5.78 Å². The maximum absolute atomic E-state index is 13.7. The molecule has 7 rings (SSSR count). The Hall–Kier alpha value is -4.44. The van der Waals surface area contributed by atoms with E-state index in [1.165, 1.54) is 28.9 Å². The molecule has 0 spiro atoms. The highest BCUT2D eigenvalue weighted by atomic mass is 19.1. The predicted molar refractivity (Wildman–Crippen MR) is 157 cm³/mol. The van der Waals surface area contributed by atoms with Gasteiger partial charge < -0.3 is 15.5 Å². The third-order valence-electron chi connectivity index (χ3n) is 8.56. The van der Waals surface area contributed by atoms with Crippen LogP contribution in [0, 0.1) is 23.5 Å². The van der Waals surface area contributed by atoms with Crippen LogP contribution in [0.5, 0.6) is 0 Å². The first-order valence-corrected chi connectivity index (χ1v) is 14.6. The summed E-state index contributed by atoms with van der Waals surface area (Å²) in [6.07, 6.45) is 2.60. The number of ketones is 1. The van der Waals surface area contributed by atoms with E-state index in [1.807, 2.05) is 0 Å². The number of carbonyl (C=O) groups excluding carboxylic acids is 3. The van der Waals surface area contributed by atoms with Crippen LogP contribution in [0.2, 0.25) is 0 Å². The van der Waals surface area contributed by atoms with E-state index in [0.717, 1.165) is 43.6 Å². The topological polar surface area (TPSA) is 96.3 Å². The summed E-state index contributed by atoms with van der Waals surface area (Å²) in [6.45, 7) is 3.47. The van der Waals surface area contributed by atoms with Gasteiger partial charge >= 0.3 is 6.03 Å². The van der Waals surface area contributed by atoms with Gasteiger partial charge in [-0.25, -0.2) is 13.6 Å². The molecule has 3 aliphatic heterocycles. The first-order valence-electron chi connectivity index (χ1n) is 14.6. The molecule has 2 bridgehead atoms. The van der Waals surface area contributed by atoms with Crippen LogP contribution in [0.3, 0.4) is 0 Å². The van der Waals surface area contributed by atoms with Crippen molar-refractivity contribution < 1.29 is 23.2 Å². The van der Waals surface area contributed by atoms with Crippen LogP contribution in [-0.4, -0.2) is 52.0 Å². The Balaban J connectivity index is 1.22. The van der Waals surface area contributed by atoms with Crippen molar-refractivity contribution in [1.29, 1.82) is 0 Å². The standard InChI is InChI=1S/C33H33F2N5O3/c34-26-6-1-21(2-7-26)18-36-31(42)16-23-5-10-29-28(15-23)32(30(41)17-25-20-39-13-11-24(25)12-14-39)38-40(29)33(43)37-19-22-3-8-27(35)9-4-22/h1-10,15,24-25H,11-14,16-20H2,(H,36,42)(H,37,43)/t25-/m1/s1. The first-order chi connectivity index (χ1) is 20.8. The van der Waals surface area contributed by atoms with E-state index in [-0.39, 0.29) is 54.4 Å². The first kappa shape index (κ1) is 28.7. The lowest BCUT2D eigenvalue weighted by atomic mass is 9.76. The van der Waals surface area contributed by atoms with E-state index in [9.17, 15) is 23.2 Å². The van der Waals surface area contributed by atoms with Crippen molar-refractivity contribution in [2.24, 2.45) is 11.8 Å². The molecular weight excluding hydrogens is 552 g/mol. The number of fused-ring (bicyclic) bond motifs is 4. The normalized spacial score (nSPS) is 19.3. The van der Waals surface area contributed by atoms with Gasteiger partial charge in [-0.1, -0.05) is 30.3 Å².